The first kappa shape index (κ1) is 16.3. The van der Waals surface area contributed by atoms with E-state index in [1.807, 2.05) is 0 Å². The standard InChI is InChI=1S/C15H17BrClNO3/c1-21-14(19)9-11-4-2-3-7-18(11)15(20)10-5-6-13(17)12(16)8-10/h5-6,8,11H,2-4,7,9H2,1H3. The third-order valence-electron chi connectivity index (χ3n) is 3.68. The minimum Gasteiger partial charge on any atom is -0.469 e. The number of ether oxygens (including phenoxy) is 1. The van der Waals surface area contributed by atoms with Crippen LogP contribution in [0.15, 0.2) is 22.7 Å². The number of hydrogen-bond donors (Lipinski definition) is 0. The van der Waals surface area contributed by atoms with Gasteiger partial charge >= 0.3 is 5.97 Å². The summed E-state index contributed by atoms with van der Waals surface area (Å²) < 4.78 is 5.41. The van der Waals surface area contributed by atoms with Gasteiger partial charge in [0.2, 0.25) is 0 Å². The summed E-state index contributed by atoms with van der Waals surface area (Å²) in [4.78, 5) is 25.9. The molecule has 1 amide bonds. The smallest absolute Gasteiger partial charge is 0.307 e. The van der Waals surface area contributed by atoms with Gasteiger partial charge in [-0.05, 0) is 53.4 Å². The minimum atomic E-state index is -0.281. The highest BCUT2D eigenvalue weighted by Gasteiger charge is 2.29. The Morgan fingerprint density at radius 1 is 1.43 bits per heavy atom. The van der Waals surface area contributed by atoms with Crippen molar-refractivity contribution < 1.29 is 14.3 Å². The number of hydrogen-bond acceptors (Lipinski definition) is 3. The summed E-state index contributed by atoms with van der Waals surface area (Å²) in [6.07, 6.45) is 3.06. The molecule has 0 bridgehead atoms. The van der Waals surface area contributed by atoms with Gasteiger partial charge in [-0.25, -0.2) is 0 Å². The van der Waals surface area contributed by atoms with Gasteiger partial charge in [-0.15, -0.1) is 0 Å². The van der Waals surface area contributed by atoms with Crippen LogP contribution >= 0.6 is 27.5 Å². The van der Waals surface area contributed by atoms with E-state index >= 15 is 0 Å². The molecule has 1 aromatic rings. The zero-order valence-corrected chi connectivity index (χ0v) is 14.1. The minimum absolute atomic E-state index is 0.0685. The summed E-state index contributed by atoms with van der Waals surface area (Å²) in [5.41, 5.74) is 0.572. The third kappa shape index (κ3) is 3.98. The number of rotatable bonds is 3. The molecule has 1 heterocycles. The average Bonchev–Trinajstić information content (AvgIpc) is 2.49. The zero-order chi connectivity index (χ0) is 15.4. The lowest BCUT2D eigenvalue weighted by Crippen LogP contribution is -2.44. The molecule has 1 atom stereocenters. The molecular formula is C15H17BrClNO3. The predicted molar refractivity (Wildman–Crippen MR) is 84.5 cm³/mol. The van der Waals surface area contributed by atoms with Crippen LogP contribution in [0.5, 0.6) is 0 Å². The first-order valence-corrected chi connectivity index (χ1v) is 8.03. The molecule has 0 spiro atoms. The molecule has 21 heavy (non-hydrogen) atoms. The van der Waals surface area contributed by atoms with E-state index in [0.29, 0.717) is 21.6 Å². The van der Waals surface area contributed by atoms with E-state index in [0.717, 1.165) is 19.3 Å². The molecule has 114 valence electrons. The second-order valence-electron chi connectivity index (χ2n) is 5.06. The Morgan fingerprint density at radius 2 is 2.19 bits per heavy atom. The van der Waals surface area contributed by atoms with E-state index in [2.05, 4.69) is 15.9 Å². The summed E-state index contributed by atoms with van der Waals surface area (Å²) in [7, 11) is 1.37. The van der Waals surface area contributed by atoms with Crippen molar-refractivity contribution in [1.29, 1.82) is 0 Å². The summed E-state index contributed by atoms with van der Waals surface area (Å²) in [6, 6.07) is 5.03. The molecule has 1 aliphatic rings. The Morgan fingerprint density at radius 3 is 2.86 bits per heavy atom. The molecule has 1 aliphatic heterocycles. The molecule has 1 saturated heterocycles. The van der Waals surface area contributed by atoms with E-state index in [-0.39, 0.29) is 24.3 Å². The van der Waals surface area contributed by atoms with Crippen LogP contribution in [0.1, 0.15) is 36.0 Å². The van der Waals surface area contributed by atoms with Crippen molar-refractivity contribution >= 4 is 39.4 Å². The Hall–Kier alpha value is -1.07. The van der Waals surface area contributed by atoms with E-state index in [1.54, 1.807) is 23.1 Å². The quantitative estimate of drug-likeness (QED) is 0.759. The summed E-state index contributed by atoms with van der Waals surface area (Å²) in [6.45, 7) is 0.667. The van der Waals surface area contributed by atoms with Crippen molar-refractivity contribution in [3.63, 3.8) is 0 Å². The van der Waals surface area contributed by atoms with Gasteiger partial charge < -0.3 is 9.64 Å². The van der Waals surface area contributed by atoms with Gasteiger partial charge in [0, 0.05) is 22.6 Å². The fourth-order valence-electron chi connectivity index (χ4n) is 2.55. The van der Waals surface area contributed by atoms with Crippen LogP contribution in [0.3, 0.4) is 0 Å². The van der Waals surface area contributed by atoms with Gasteiger partial charge in [-0.3, -0.25) is 9.59 Å². The molecule has 1 fully saturated rings. The van der Waals surface area contributed by atoms with E-state index in [1.165, 1.54) is 7.11 Å². The number of esters is 1. The number of piperidine rings is 1. The molecule has 4 nitrogen and oxygen atoms in total. The van der Waals surface area contributed by atoms with Crippen LogP contribution in [0.25, 0.3) is 0 Å². The van der Waals surface area contributed by atoms with E-state index in [9.17, 15) is 9.59 Å². The number of halogens is 2. The molecule has 1 unspecified atom stereocenters. The summed E-state index contributed by atoms with van der Waals surface area (Å²) in [5, 5.41) is 0.566. The first-order valence-electron chi connectivity index (χ1n) is 6.85. The lowest BCUT2D eigenvalue weighted by molar-refractivity contribution is -0.142. The van der Waals surface area contributed by atoms with Gasteiger partial charge in [0.05, 0.1) is 18.6 Å². The van der Waals surface area contributed by atoms with Gasteiger partial charge in [0.15, 0.2) is 0 Å². The van der Waals surface area contributed by atoms with Crippen LogP contribution in [0.4, 0.5) is 0 Å². The van der Waals surface area contributed by atoms with E-state index < -0.39 is 0 Å². The molecule has 0 aromatic heterocycles. The fraction of sp³-hybridized carbons (Fsp3) is 0.467. The van der Waals surface area contributed by atoms with Crippen LogP contribution in [0.2, 0.25) is 5.02 Å². The molecule has 2 rings (SSSR count). The molecule has 6 heteroatoms. The van der Waals surface area contributed by atoms with E-state index in [4.69, 9.17) is 16.3 Å². The van der Waals surface area contributed by atoms with Crippen LogP contribution in [0, 0.1) is 0 Å². The second-order valence-corrected chi connectivity index (χ2v) is 6.32. The summed E-state index contributed by atoms with van der Waals surface area (Å²) >= 11 is 9.28. The topological polar surface area (TPSA) is 46.6 Å². The lowest BCUT2D eigenvalue weighted by Gasteiger charge is -2.35. The predicted octanol–water partition coefficient (Wildman–Crippen LogP) is 3.66. The maximum atomic E-state index is 12.7. The SMILES string of the molecule is COC(=O)CC1CCCCN1C(=O)c1ccc(Cl)c(Br)c1. The number of likely N-dealkylation sites (tertiary alicyclic amines) is 1. The number of amides is 1. The van der Waals surface area contributed by atoms with Crippen molar-refractivity contribution in [2.75, 3.05) is 13.7 Å². The summed E-state index contributed by atoms with van der Waals surface area (Å²) in [5.74, 6) is -0.349. The van der Waals surface area contributed by atoms with Crippen molar-refractivity contribution in [2.24, 2.45) is 0 Å². The molecule has 0 saturated carbocycles. The Labute approximate surface area is 137 Å². The zero-order valence-electron chi connectivity index (χ0n) is 11.8. The highest BCUT2D eigenvalue weighted by molar-refractivity contribution is 9.10. The number of methoxy groups -OCH3 is 1. The Bertz CT molecular complexity index is 550. The third-order valence-corrected chi connectivity index (χ3v) is 4.90. The van der Waals surface area contributed by atoms with Crippen LogP contribution in [-0.2, 0) is 9.53 Å². The van der Waals surface area contributed by atoms with Gasteiger partial charge in [0.1, 0.15) is 0 Å². The Balaban J connectivity index is 2.17. The van der Waals surface area contributed by atoms with Crippen molar-refractivity contribution in [1.82, 2.24) is 4.90 Å². The first-order chi connectivity index (χ1) is 10.0. The monoisotopic (exact) mass is 373 g/mol. The molecule has 0 aliphatic carbocycles. The van der Waals surface area contributed by atoms with Gasteiger partial charge in [-0.2, -0.15) is 0 Å². The van der Waals surface area contributed by atoms with Crippen molar-refractivity contribution in [2.45, 2.75) is 31.7 Å². The van der Waals surface area contributed by atoms with Crippen molar-refractivity contribution in [3.05, 3.63) is 33.3 Å². The molecular weight excluding hydrogens is 358 g/mol. The fourth-order valence-corrected chi connectivity index (χ4v) is 3.05. The maximum absolute atomic E-state index is 12.7. The van der Waals surface area contributed by atoms with Crippen LogP contribution < -0.4 is 0 Å². The van der Waals surface area contributed by atoms with Crippen LogP contribution in [-0.4, -0.2) is 36.5 Å². The highest BCUT2D eigenvalue weighted by Crippen LogP contribution is 2.26. The molecule has 1 aromatic carbocycles. The Kier molecular flexibility index (Phi) is 5.65. The molecule has 0 radical (unpaired) electrons. The number of carbonyl (C=O) groups is 2. The molecule has 0 N–H and O–H groups in total. The largest absolute Gasteiger partial charge is 0.469 e. The normalized spacial score (nSPS) is 18.4. The highest BCUT2D eigenvalue weighted by atomic mass is 79.9. The number of benzene rings is 1. The number of carbonyl (C=O) groups excluding carboxylic acids is 2. The average molecular weight is 375 g/mol. The lowest BCUT2D eigenvalue weighted by atomic mass is 9.98. The van der Waals surface area contributed by atoms with Crippen molar-refractivity contribution in [3.8, 4) is 0 Å². The van der Waals surface area contributed by atoms with Gasteiger partial charge in [0.25, 0.3) is 5.91 Å². The number of nitrogens with zero attached hydrogens (tertiary/aromatic N) is 1. The maximum Gasteiger partial charge on any atom is 0.307 e. The second kappa shape index (κ2) is 7.27. The van der Waals surface area contributed by atoms with Gasteiger partial charge in [-0.1, -0.05) is 11.6 Å².